The molecule has 10 heteroatoms. The van der Waals surface area contributed by atoms with Crippen LogP contribution >= 0.6 is 0 Å². The van der Waals surface area contributed by atoms with Gasteiger partial charge in [-0.2, -0.15) is 9.98 Å². The van der Waals surface area contributed by atoms with Crippen molar-refractivity contribution in [2.75, 3.05) is 13.7 Å². The quantitative estimate of drug-likeness (QED) is 0.267. The van der Waals surface area contributed by atoms with E-state index in [2.05, 4.69) is 22.6 Å². The number of carboxylic acid groups (broad SMARTS) is 1. The van der Waals surface area contributed by atoms with Crippen LogP contribution in [0.5, 0.6) is 11.5 Å². The number of carbonyl (C=O) groups is 1. The Morgan fingerprint density at radius 3 is 2.40 bits per heavy atom. The molecule has 3 aromatic carbocycles. The van der Waals surface area contributed by atoms with E-state index in [1.165, 1.54) is 24.3 Å². The van der Waals surface area contributed by atoms with Gasteiger partial charge in [0.1, 0.15) is 24.1 Å². The first-order valence-corrected chi connectivity index (χ1v) is 13.7. The predicted molar refractivity (Wildman–Crippen MR) is 150 cm³/mol. The van der Waals surface area contributed by atoms with Crippen molar-refractivity contribution in [3.8, 4) is 29.4 Å². The van der Waals surface area contributed by atoms with E-state index in [9.17, 15) is 23.6 Å². The Morgan fingerprint density at radius 2 is 1.77 bits per heavy atom. The molecular formula is C30H27N3O6S. The van der Waals surface area contributed by atoms with Crippen molar-refractivity contribution in [2.45, 2.75) is 30.8 Å². The molecule has 4 rings (SSSR count). The second-order valence-corrected chi connectivity index (χ2v) is 10.6. The number of carboxylic acids is 1. The highest BCUT2D eigenvalue weighted by Gasteiger charge is 2.27. The van der Waals surface area contributed by atoms with Crippen LogP contribution in [0.2, 0.25) is 0 Å². The average molecular weight is 558 g/mol. The van der Waals surface area contributed by atoms with Gasteiger partial charge in [0.2, 0.25) is 10.0 Å². The fourth-order valence-corrected chi connectivity index (χ4v) is 5.41. The monoisotopic (exact) mass is 557 g/mol. The van der Waals surface area contributed by atoms with Gasteiger partial charge in [-0.3, -0.25) is 4.79 Å². The molecule has 9 nitrogen and oxygen atoms in total. The van der Waals surface area contributed by atoms with Gasteiger partial charge in [0, 0.05) is 30.1 Å². The van der Waals surface area contributed by atoms with E-state index in [0.717, 1.165) is 16.8 Å². The molecule has 1 unspecified atom stereocenters. The smallest absolute Gasteiger partial charge is 0.322 e. The van der Waals surface area contributed by atoms with Gasteiger partial charge < -0.3 is 19.1 Å². The van der Waals surface area contributed by atoms with E-state index in [1.807, 2.05) is 28.8 Å². The van der Waals surface area contributed by atoms with Crippen LogP contribution in [0.3, 0.4) is 0 Å². The molecule has 204 valence electrons. The minimum atomic E-state index is -4.17. The molecule has 0 saturated heterocycles. The van der Waals surface area contributed by atoms with Gasteiger partial charge in [-0.1, -0.05) is 18.1 Å². The van der Waals surface area contributed by atoms with Crippen LogP contribution in [0.25, 0.3) is 10.9 Å². The second-order valence-electron chi connectivity index (χ2n) is 8.88. The molecule has 4 aromatic rings. The molecule has 1 aromatic heterocycles. The minimum Gasteiger partial charge on any atom is -0.497 e. The van der Waals surface area contributed by atoms with Crippen molar-refractivity contribution < 1.29 is 27.8 Å². The lowest BCUT2D eigenvalue weighted by Gasteiger charge is -2.15. The van der Waals surface area contributed by atoms with Gasteiger partial charge >= 0.3 is 5.97 Å². The third kappa shape index (κ3) is 6.62. The number of methoxy groups -OCH3 is 1. The number of nitrogens with zero attached hydrogens (tertiary/aromatic N) is 2. The summed E-state index contributed by atoms with van der Waals surface area (Å²) in [5.41, 5.74) is 2.78. The van der Waals surface area contributed by atoms with Crippen molar-refractivity contribution in [1.82, 2.24) is 9.29 Å². The third-order valence-electron chi connectivity index (χ3n) is 6.25. The highest BCUT2D eigenvalue weighted by atomic mass is 32.2. The zero-order chi connectivity index (χ0) is 28.7. The number of rotatable bonds is 11. The molecule has 0 amide bonds. The first-order chi connectivity index (χ1) is 19.2. The number of aromatic nitrogens is 1. The van der Waals surface area contributed by atoms with Crippen LogP contribution < -0.4 is 14.2 Å². The summed E-state index contributed by atoms with van der Waals surface area (Å²) in [7, 11) is -2.57. The normalized spacial score (nSPS) is 11.7. The summed E-state index contributed by atoms with van der Waals surface area (Å²) in [5, 5.41) is 20.1. The summed E-state index contributed by atoms with van der Waals surface area (Å²) in [5.74, 6) is 5.29. The van der Waals surface area contributed by atoms with Crippen LogP contribution in [0.1, 0.15) is 23.6 Å². The first kappa shape index (κ1) is 28.2. The van der Waals surface area contributed by atoms with Crippen LogP contribution in [-0.2, 0) is 27.8 Å². The molecule has 0 aliphatic carbocycles. The minimum absolute atomic E-state index is 0.0959. The number of ether oxygens (including phenoxy) is 2. The molecule has 0 aliphatic heterocycles. The molecule has 2 N–H and O–H groups in total. The maximum absolute atomic E-state index is 13.1. The largest absolute Gasteiger partial charge is 0.497 e. The third-order valence-corrected chi connectivity index (χ3v) is 7.73. The number of sulfonamides is 1. The Bertz CT molecular complexity index is 1720. The van der Waals surface area contributed by atoms with Crippen molar-refractivity contribution in [3.63, 3.8) is 0 Å². The van der Waals surface area contributed by atoms with E-state index >= 15 is 0 Å². The molecule has 1 atom stereocenters. The lowest BCUT2D eigenvalue weighted by molar-refractivity contribution is -0.138. The fraction of sp³-hybridized carbons (Fsp3) is 0.200. The molecule has 0 fully saturated rings. The predicted octanol–water partition coefficient (Wildman–Crippen LogP) is 3.95. The van der Waals surface area contributed by atoms with Crippen molar-refractivity contribution in [3.05, 3.63) is 89.6 Å². The summed E-state index contributed by atoms with van der Waals surface area (Å²) in [6, 6.07) is 19.0. The Morgan fingerprint density at radius 1 is 1.07 bits per heavy atom. The van der Waals surface area contributed by atoms with Crippen LogP contribution in [0.15, 0.2) is 77.8 Å². The van der Waals surface area contributed by atoms with E-state index < -0.39 is 22.0 Å². The Kier molecular flexibility index (Phi) is 8.75. The van der Waals surface area contributed by atoms with E-state index in [0.29, 0.717) is 28.8 Å². The first-order valence-electron chi connectivity index (χ1n) is 12.3. The number of fused-ring (bicyclic) bond motifs is 1. The van der Waals surface area contributed by atoms with E-state index in [1.54, 1.807) is 38.4 Å². The zero-order valence-corrected chi connectivity index (χ0v) is 22.7. The van der Waals surface area contributed by atoms with E-state index in [-0.39, 0.29) is 17.9 Å². The lowest BCUT2D eigenvalue weighted by atomic mass is 10.0. The summed E-state index contributed by atoms with van der Waals surface area (Å²) >= 11 is 0. The van der Waals surface area contributed by atoms with Crippen LogP contribution in [0, 0.1) is 23.2 Å². The zero-order valence-electron chi connectivity index (χ0n) is 21.9. The number of hydrogen-bond acceptors (Lipinski definition) is 6. The second kappa shape index (κ2) is 12.4. The van der Waals surface area contributed by atoms with E-state index in [4.69, 9.17) is 9.47 Å². The number of nitriles is 1. The highest BCUT2D eigenvalue weighted by Crippen LogP contribution is 2.26. The number of aliphatic carboxylic acids is 1. The summed E-state index contributed by atoms with van der Waals surface area (Å²) < 4.78 is 41.1. The van der Waals surface area contributed by atoms with Crippen molar-refractivity contribution in [2.24, 2.45) is 0 Å². The maximum Gasteiger partial charge on any atom is 0.322 e. The van der Waals surface area contributed by atoms with Gasteiger partial charge in [-0.25, -0.2) is 8.42 Å². The Hall–Kier alpha value is -4.77. The average Bonchev–Trinajstić information content (AvgIpc) is 3.29. The molecule has 1 heterocycles. The van der Waals surface area contributed by atoms with Crippen molar-refractivity contribution >= 4 is 26.9 Å². The summed E-state index contributed by atoms with van der Waals surface area (Å²) in [6.45, 7) is 2.33. The van der Waals surface area contributed by atoms with Gasteiger partial charge in [-0.05, 0) is 72.6 Å². The molecule has 0 bridgehead atoms. The maximum atomic E-state index is 13.1. The Balaban J connectivity index is 1.61. The van der Waals surface area contributed by atoms with Gasteiger partial charge in [0.05, 0.1) is 23.6 Å². The summed E-state index contributed by atoms with van der Waals surface area (Å²) in [4.78, 5) is 12.1. The van der Waals surface area contributed by atoms with Gasteiger partial charge in [-0.15, -0.1) is 5.92 Å². The standard InChI is InChI=1S/C30H27N3O6S/c1-3-4-15-39-25-10-12-26(13-11-25)40(36,37)32-28(30(34)35)17-23-20-33(19-21-5-8-24(38-2)9-6-21)29-14-7-22(18-31)16-27(23)29/h5-14,16,20,28,32H,15,17,19H2,1-2H3,(H,34,35). The molecule has 0 saturated carbocycles. The molecule has 40 heavy (non-hydrogen) atoms. The topological polar surface area (TPSA) is 131 Å². The van der Waals surface area contributed by atoms with Gasteiger partial charge in [0.15, 0.2) is 0 Å². The summed E-state index contributed by atoms with van der Waals surface area (Å²) in [6.07, 6.45) is 1.66. The van der Waals surface area contributed by atoms with Crippen molar-refractivity contribution in [1.29, 1.82) is 5.26 Å². The highest BCUT2D eigenvalue weighted by molar-refractivity contribution is 7.89. The Labute approximate surface area is 232 Å². The molecule has 0 spiro atoms. The van der Waals surface area contributed by atoms with Crippen LogP contribution in [-0.4, -0.2) is 43.8 Å². The molecule has 0 aliphatic rings. The molecule has 0 radical (unpaired) electrons. The SMILES string of the molecule is CC#CCOc1ccc(S(=O)(=O)NC(Cc2cn(Cc3ccc(OC)cc3)c3ccc(C#N)cc23)C(=O)O)cc1. The number of hydrogen-bond donors (Lipinski definition) is 2. The number of nitrogens with one attached hydrogen (secondary N) is 1. The van der Waals surface area contributed by atoms with Crippen LogP contribution in [0.4, 0.5) is 0 Å². The molecular weight excluding hydrogens is 530 g/mol. The number of benzene rings is 3. The fourth-order valence-electron chi connectivity index (χ4n) is 4.22. The van der Waals surface area contributed by atoms with Gasteiger partial charge in [0.25, 0.3) is 0 Å². The lowest BCUT2D eigenvalue weighted by Crippen LogP contribution is -2.42.